The predicted octanol–water partition coefficient (Wildman–Crippen LogP) is 4.84. The van der Waals surface area contributed by atoms with E-state index in [1.54, 1.807) is 0 Å². The van der Waals surface area contributed by atoms with Gasteiger partial charge in [-0.15, -0.1) is 0 Å². The van der Waals surface area contributed by atoms with Gasteiger partial charge in [-0.25, -0.2) is 9.67 Å². The second-order valence-electron chi connectivity index (χ2n) is 8.66. The van der Waals surface area contributed by atoms with E-state index in [-0.39, 0.29) is 24.3 Å². The molecule has 0 spiro atoms. The number of benzene rings is 1. The molecule has 1 fully saturated rings. The molecule has 1 N–H and O–H groups in total. The zero-order chi connectivity index (χ0) is 25.9. The van der Waals surface area contributed by atoms with Crippen molar-refractivity contribution in [3.8, 4) is 11.8 Å². The first-order chi connectivity index (χ1) is 17.2. The third-order valence-corrected chi connectivity index (χ3v) is 6.52. The van der Waals surface area contributed by atoms with Crippen molar-refractivity contribution in [2.75, 3.05) is 24.6 Å². The van der Waals surface area contributed by atoms with Gasteiger partial charge in [-0.05, 0) is 61.1 Å². The van der Waals surface area contributed by atoms with Gasteiger partial charge in [0.2, 0.25) is 0 Å². The minimum absolute atomic E-state index is 0.117. The minimum atomic E-state index is -4.83. The van der Waals surface area contributed by atoms with Crippen LogP contribution >= 0.6 is 11.6 Å². The molecule has 0 bridgehead atoms. The van der Waals surface area contributed by atoms with Crippen molar-refractivity contribution in [1.29, 1.82) is 5.26 Å². The Bertz CT molecular complexity index is 1280. The molecule has 1 aliphatic rings. The second-order valence-corrected chi connectivity index (χ2v) is 9.10. The van der Waals surface area contributed by atoms with Crippen molar-refractivity contribution >= 4 is 23.2 Å². The first-order valence-corrected chi connectivity index (χ1v) is 11.8. The number of nitriles is 1. The number of carbonyl (C=O) groups is 1. The molecule has 3 heterocycles. The molecule has 0 unspecified atom stereocenters. The van der Waals surface area contributed by atoms with Gasteiger partial charge in [0.05, 0.1) is 23.0 Å². The van der Waals surface area contributed by atoms with Crippen molar-refractivity contribution in [2.45, 2.75) is 31.9 Å². The monoisotopic (exact) mass is 517 g/mol. The number of carbonyl (C=O) groups excluding carboxylic acids is 1. The number of anilines is 1. The summed E-state index contributed by atoms with van der Waals surface area (Å²) in [6, 6.07) is 9.22. The highest BCUT2D eigenvalue weighted by Crippen LogP contribution is 2.34. The van der Waals surface area contributed by atoms with Crippen LogP contribution in [-0.2, 0) is 12.6 Å². The van der Waals surface area contributed by atoms with Gasteiger partial charge in [-0.2, -0.15) is 23.5 Å². The first-order valence-electron chi connectivity index (χ1n) is 11.4. The van der Waals surface area contributed by atoms with Crippen molar-refractivity contribution in [2.24, 2.45) is 5.92 Å². The summed E-state index contributed by atoms with van der Waals surface area (Å²) in [5, 5.41) is 23.0. The summed E-state index contributed by atoms with van der Waals surface area (Å²) in [6.45, 7) is 1.51. The van der Waals surface area contributed by atoms with Gasteiger partial charge in [0.15, 0.2) is 11.5 Å². The molecule has 36 heavy (non-hydrogen) atoms. The average molecular weight is 518 g/mol. The molecule has 3 aromatic rings. The van der Waals surface area contributed by atoms with Crippen molar-refractivity contribution in [1.82, 2.24) is 14.8 Å². The van der Waals surface area contributed by atoms with Crippen LogP contribution in [-0.4, -0.2) is 45.4 Å². The number of ketones is 1. The maximum atomic E-state index is 13.9. The largest absolute Gasteiger partial charge is 0.434 e. The summed E-state index contributed by atoms with van der Waals surface area (Å²) < 4.78 is 42.5. The normalized spacial score (nSPS) is 14.6. The van der Waals surface area contributed by atoms with Crippen LogP contribution in [0.5, 0.6) is 0 Å². The number of hydrogen-bond acceptors (Lipinski definition) is 6. The van der Waals surface area contributed by atoms with E-state index >= 15 is 0 Å². The molecule has 0 saturated carbocycles. The molecule has 1 saturated heterocycles. The Hall–Kier alpha value is -3.42. The highest BCUT2D eigenvalue weighted by atomic mass is 35.5. The SMILES string of the molecule is N#Cc1cc(CC(=O)c2cnn(-c3ccc(Cl)cc3)c2C(F)(F)F)cnc1N1CCC(CCO)CC1. The number of aliphatic hydroxyl groups excluding tert-OH is 1. The number of Topliss-reactive ketones (excluding diaryl/α,β-unsaturated/α-hetero) is 1. The lowest BCUT2D eigenvalue weighted by molar-refractivity contribution is -0.143. The summed E-state index contributed by atoms with van der Waals surface area (Å²) in [5.41, 5.74) is -1.03. The van der Waals surface area contributed by atoms with Gasteiger partial charge in [0.1, 0.15) is 11.9 Å². The third-order valence-electron chi connectivity index (χ3n) is 6.27. The number of halogens is 4. The summed E-state index contributed by atoms with van der Waals surface area (Å²) >= 11 is 5.83. The fraction of sp³-hybridized carbons (Fsp3) is 0.360. The fourth-order valence-corrected chi connectivity index (χ4v) is 4.56. The van der Waals surface area contributed by atoms with Gasteiger partial charge in [0, 0.05) is 37.3 Å². The Labute approximate surface area is 210 Å². The number of nitrogens with zero attached hydrogens (tertiary/aromatic N) is 5. The molecule has 2 aromatic heterocycles. The van der Waals surface area contributed by atoms with E-state index in [1.807, 2.05) is 4.90 Å². The zero-order valence-corrected chi connectivity index (χ0v) is 19.9. The van der Waals surface area contributed by atoms with E-state index < -0.39 is 23.2 Å². The summed E-state index contributed by atoms with van der Waals surface area (Å²) in [4.78, 5) is 19.3. The third kappa shape index (κ3) is 5.53. The van der Waals surface area contributed by atoms with Crippen LogP contribution in [0.25, 0.3) is 5.69 Å². The number of hydrogen-bond donors (Lipinski definition) is 1. The molecular weight excluding hydrogens is 495 g/mol. The van der Waals surface area contributed by atoms with E-state index in [4.69, 9.17) is 16.7 Å². The maximum absolute atomic E-state index is 13.9. The van der Waals surface area contributed by atoms with Crippen LogP contribution in [0.1, 0.15) is 46.4 Å². The molecule has 0 amide bonds. The number of aromatic nitrogens is 3. The summed E-state index contributed by atoms with van der Waals surface area (Å²) in [6.07, 6.45) is -0.397. The molecule has 1 aromatic carbocycles. The second kappa shape index (κ2) is 10.7. The number of pyridine rings is 1. The van der Waals surface area contributed by atoms with Crippen LogP contribution in [0.4, 0.5) is 19.0 Å². The standard InChI is InChI=1S/C25H23ClF3N5O2/c26-19-1-3-20(4-2-19)34-23(25(27,28)29)21(15-32-34)22(36)12-17-11-18(13-30)24(31-14-17)33-8-5-16(6-9-33)7-10-35/h1-4,11,14-16,35H,5-10,12H2. The number of piperidine rings is 1. The van der Waals surface area contributed by atoms with Crippen LogP contribution in [0, 0.1) is 17.2 Å². The van der Waals surface area contributed by atoms with Gasteiger partial charge >= 0.3 is 6.18 Å². The van der Waals surface area contributed by atoms with Crippen molar-refractivity contribution in [3.05, 3.63) is 70.1 Å². The molecule has 1 aliphatic heterocycles. The molecule has 4 rings (SSSR count). The van der Waals surface area contributed by atoms with Gasteiger partial charge < -0.3 is 10.0 Å². The zero-order valence-electron chi connectivity index (χ0n) is 19.2. The first kappa shape index (κ1) is 25.7. The van der Waals surface area contributed by atoms with E-state index in [9.17, 15) is 23.2 Å². The maximum Gasteiger partial charge on any atom is 0.434 e. The van der Waals surface area contributed by atoms with Crippen molar-refractivity contribution < 1.29 is 23.1 Å². The van der Waals surface area contributed by atoms with Crippen LogP contribution in [0.2, 0.25) is 5.02 Å². The lowest BCUT2D eigenvalue weighted by Crippen LogP contribution is -2.35. The molecule has 7 nitrogen and oxygen atoms in total. The predicted molar refractivity (Wildman–Crippen MR) is 127 cm³/mol. The lowest BCUT2D eigenvalue weighted by Gasteiger charge is -2.33. The van der Waals surface area contributed by atoms with Crippen LogP contribution < -0.4 is 4.90 Å². The van der Waals surface area contributed by atoms with E-state index in [0.29, 0.717) is 40.1 Å². The fourth-order valence-electron chi connectivity index (χ4n) is 4.43. The molecule has 0 aliphatic carbocycles. The molecule has 0 radical (unpaired) electrons. The smallest absolute Gasteiger partial charge is 0.396 e. The molecule has 188 valence electrons. The Morgan fingerprint density at radius 2 is 1.89 bits per heavy atom. The Morgan fingerprint density at radius 3 is 2.50 bits per heavy atom. The average Bonchev–Trinajstić information content (AvgIpc) is 3.31. The van der Waals surface area contributed by atoms with Gasteiger partial charge in [0.25, 0.3) is 0 Å². The molecule has 11 heteroatoms. The Morgan fingerprint density at radius 1 is 1.19 bits per heavy atom. The van der Waals surface area contributed by atoms with Crippen LogP contribution in [0.3, 0.4) is 0 Å². The van der Waals surface area contributed by atoms with E-state index in [2.05, 4.69) is 16.2 Å². The van der Waals surface area contributed by atoms with Gasteiger partial charge in [-0.1, -0.05) is 11.6 Å². The number of aliphatic hydroxyl groups is 1. The summed E-state index contributed by atoms with van der Waals surface area (Å²) in [5.74, 6) is 0.124. The van der Waals surface area contributed by atoms with Gasteiger partial charge in [-0.3, -0.25) is 4.79 Å². The Balaban J connectivity index is 1.57. The molecular formula is C25H23ClF3N5O2. The Kier molecular flexibility index (Phi) is 7.62. The highest BCUT2D eigenvalue weighted by Gasteiger charge is 2.40. The lowest BCUT2D eigenvalue weighted by atomic mass is 9.93. The quantitative estimate of drug-likeness (QED) is 0.451. The van der Waals surface area contributed by atoms with Crippen LogP contribution in [0.15, 0.2) is 42.7 Å². The number of alkyl halides is 3. The minimum Gasteiger partial charge on any atom is -0.396 e. The molecule has 0 atom stereocenters. The summed E-state index contributed by atoms with van der Waals surface area (Å²) in [7, 11) is 0. The van der Waals surface area contributed by atoms with Crippen molar-refractivity contribution in [3.63, 3.8) is 0 Å². The number of rotatable bonds is 7. The van der Waals surface area contributed by atoms with E-state index in [1.165, 1.54) is 36.5 Å². The van der Waals surface area contributed by atoms with E-state index in [0.717, 1.165) is 25.5 Å². The highest BCUT2D eigenvalue weighted by molar-refractivity contribution is 6.30. The topological polar surface area (TPSA) is 95.0 Å².